The van der Waals surface area contributed by atoms with E-state index in [1.165, 1.54) is 109 Å². The maximum absolute atomic E-state index is 2.55. The molecule has 0 heteroatoms. The van der Waals surface area contributed by atoms with E-state index in [1.54, 1.807) is 0 Å². The zero-order valence-corrected chi connectivity index (χ0v) is 20.3. The minimum Gasteiger partial charge on any atom is -0.0654 e. The minimum atomic E-state index is 0.883. The van der Waals surface area contributed by atoms with Crippen LogP contribution in [0.15, 0.2) is 0 Å². The zero-order valence-electron chi connectivity index (χ0n) is 20.3. The summed E-state index contributed by atoms with van der Waals surface area (Å²) in [5, 5.41) is 0. The summed E-state index contributed by atoms with van der Waals surface area (Å²) in [7, 11) is 0. The average Bonchev–Trinajstić information content (AvgIpc) is 2.64. The SMILES string of the molecule is CCCCCCC(C)CCCCC(CCCCCC(C)C)C(C)CCCC. The Labute approximate surface area is 174 Å². The van der Waals surface area contributed by atoms with E-state index in [0.717, 1.165) is 23.7 Å². The first-order valence-corrected chi connectivity index (χ1v) is 13.0. The molecule has 0 fully saturated rings. The molecule has 0 aromatic heterocycles. The van der Waals surface area contributed by atoms with E-state index in [0.29, 0.717) is 0 Å². The highest BCUT2D eigenvalue weighted by atomic mass is 14.2. The molecule has 0 amide bonds. The van der Waals surface area contributed by atoms with Gasteiger partial charge in [-0.25, -0.2) is 0 Å². The van der Waals surface area contributed by atoms with Gasteiger partial charge in [0, 0.05) is 0 Å². The second-order valence-corrected chi connectivity index (χ2v) is 10.2. The molecule has 0 rings (SSSR count). The topological polar surface area (TPSA) is 0 Å². The van der Waals surface area contributed by atoms with Crippen LogP contribution in [-0.4, -0.2) is 0 Å². The molecule has 0 saturated carbocycles. The van der Waals surface area contributed by atoms with Crippen molar-refractivity contribution in [2.24, 2.45) is 23.7 Å². The summed E-state index contributed by atoms with van der Waals surface area (Å²) in [6.45, 7) is 14.4. The third kappa shape index (κ3) is 17.8. The number of hydrogen-bond donors (Lipinski definition) is 0. The van der Waals surface area contributed by atoms with Gasteiger partial charge in [-0.05, 0) is 23.7 Å². The fourth-order valence-electron chi connectivity index (χ4n) is 4.57. The van der Waals surface area contributed by atoms with Crippen molar-refractivity contribution in [2.45, 2.75) is 151 Å². The van der Waals surface area contributed by atoms with Crippen LogP contribution in [0.4, 0.5) is 0 Å². The van der Waals surface area contributed by atoms with Crippen molar-refractivity contribution in [3.63, 3.8) is 0 Å². The molecule has 0 radical (unpaired) electrons. The molecule has 0 saturated heterocycles. The molecule has 164 valence electrons. The van der Waals surface area contributed by atoms with Crippen molar-refractivity contribution in [1.82, 2.24) is 0 Å². The van der Waals surface area contributed by atoms with Crippen LogP contribution in [0.25, 0.3) is 0 Å². The van der Waals surface area contributed by atoms with Crippen LogP contribution in [0, 0.1) is 23.7 Å². The van der Waals surface area contributed by atoms with Gasteiger partial charge in [0.25, 0.3) is 0 Å². The smallest absolute Gasteiger partial charge is 0.0388 e. The Kier molecular flexibility index (Phi) is 19.3. The van der Waals surface area contributed by atoms with Gasteiger partial charge in [-0.2, -0.15) is 0 Å². The lowest BCUT2D eigenvalue weighted by Gasteiger charge is -2.24. The molecule has 0 aliphatic carbocycles. The van der Waals surface area contributed by atoms with Gasteiger partial charge in [0.2, 0.25) is 0 Å². The highest BCUT2D eigenvalue weighted by Crippen LogP contribution is 2.29. The van der Waals surface area contributed by atoms with Crippen molar-refractivity contribution in [2.75, 3.05) is 0 Å². The molecule has 3 atom stereocenters. The normalized spacial score (nSPS) is 15.2. The van der Waals surface area contributed by atoms with Gasteiger partial charge in [-0.3, -0.25) is 0 Å². The van der Waals surface area contributed by atoms with Crippen molar-refractivity contribution in [1.29, 1.82) is 0 Å². The predicted octanol–water partition coefficient (Wildman–Crippen LogP) is 10.2. The van der Waals surface area contributed by atoms with E-state index in [-0.39, 0.29) is 0 Å². The molecule has 0 bridgehead atoms. The number of unbranched alkanes of at least 4 members (excludes halogenated alkanes) is 7. The quantitative estimate of drug-likeness (QED) is 0.184. The fraction of sp³-hybridized carbons (Fsp3) is 1.00. The zero-order chi connectivity index (χ0) is 20.3. The Morgan fingerprint density at radius 3 is 1.52 bits per heavy atom. The lowest BCUT2D eigenvalue weighted by atomic mass is 9.81. The van der Waals surface area contributed by atoms with Crippen LogP contribution in [0.1, 0.15) is 151 Å². The summed E-state index contributed by atoms with van der Waals surface area (Å²) in [5.41, 5.74) is 0. The molecule has 0 aromatic carbocycles. The van der Waals surface area contributed by atoms with Gasteiger partial charge in [0.15, 0.2) is 0 Å². The van der Waals surface area contributed by atoms with Gasteiger partial charge in [0.1, 0.15) is 0 Å². The van der Waals surface area contributed by atoms with Gasteiger partial charge in [0.05, 0.1) is 0 Å². The Morgan fingerprint density at radius 2 is 0.926 bits per heavy atom. The first-order valence-electron chi connectivity index (χ1n) is 13.0. The molecule has 0 spiro atoms. The standard InChI is InChI=1S/C27H56/c1-7-9-11-14-19-25(5)20-16-17-23-27(26(6)21-10-8-2)22-15-12-13-18-24(3)4/h24-27H,7-23H2,1-6H3. The van der Waals surface area contributed by atoms with Crippen molar-refractivity contribution in [3.8, 4) is 0 Å². The Morgan fingerprint density at radius 1 is 0.444 bits per heavy atom. The molecular weight excluding hydrogens is 324 g/mol. The molecule has 3 unspecified atom stereocenters. The lowest BCUT2D eigenvalue weighted by Crippen LogP contribution is -2.12. The average molecular weight is 381 g/mol. The Bertz CT molecular complexity index is 280. The monoisotopic (exact) mass is 380 g/mol. The molecule has 27 heavy (non-hydrogen) atoms. The first kappa shape index (κ1) is 27.0. The van der Waals surface area contributed by atoms with Gasteiger partial charge in [-0.1, -0.05) is 151 Å². The van der Waals surface area contributed by atoms with Crippen LogP contribution >= 0.6 is 0 Å². The molecule has 0 aliphatic rings. The van der Waals surface area contributed by atoms with Crippen molar-refractivity contribution < 1.29 is 0 Å². The van der Waals surface area contributed by atoms with E-state index in [2.05, 4.69) is 41.5 Å². The maximum Gasteiger partial charge on any atom is -0.0388 e. The van der Waals surface area contributed by atoms with Crippen LogP contribution in [0.3, 0.4) is 0 Å². The fourth-order valence-corrected chi connectivity index (χ4v) is 4.57. The summed E-state index contributed by atoms with van der Waals surface area (Å²) < 4.78 is 0. The summed E-state index contributed by atoms with van der Waals surface area (Å²) in [6, 6.07) is 0. The van der Waals surface area contributed by atoms with Crippen molar-refractivity contribution in [3.05, 3.63) is 0 Å². The highest BCUT2D eigenvalue weighted by molar-refractivity contribution is 4.68. The van der Waals surface area contributed by atoms with Crippen LogP contribution in [-0.2, 0) is 0 Å². The summed E-state index contributed by atoms with van der Waals surface area (Å²) in [5.74, 6) is 3.78. The lowest BCUT2D eigenvalue weighted by molar-refractivity contribution is 0.273. The minimum absolute atomic E-state index is 0.883. The summed E-state index contributed by atoms with van der Waals surface area (Å²) in [4.78, 5) is 0. The van der Waals surface area contributed by atoms with Crippen LogP contribution in [0.5, 0.6) is 0 Å². The van der Waals surface area contributed by atoms with E-state index >= 15 is 0 Å². The van der Waals surface area contributed by atoms with Crippen molar-refractivity contribution >= 4 is 0 Å². The Hall–Kier alpha value is 0. The first-order chi connectivity index (χ1) is 13.0. The van der Waals surface area contributed by atoms with E-state index in [4.69, 9.17) is 0 Å². The van der Waals surface area contributed by atoms with Crippen LogP contribution in [0.2, 0.25) is 0 Å². The molecule has 0 aromatic rings. The Balaban J connectivity index is 4.00. The molecule has 0 N–H and O–H groups in total. The number of rotatable bonds is 20. The van der Waals surface area contributed by atoms with E-state index < -0.39 is 0 Å². The number of hydrogen-bond acceptors (Lipinski definition) is 0. The third-order valence-electron chi connectivity index (χ3n) is 6.75. The maximum atomic E-state index is 2.55. The molecule has 0 aliphatic heterocycles. The van der Waals surface area contributed by atoms with Gasteiger partial charge < -0.3 is 0 Å². The largest absolute Gasteiger partial charge is 0.0654 e. The van der Waals surface area contributed by atoms with Crippen LogP contribution < -0.4 is 0 Å². The summed E-state index contributed by atoms with van der Waals surface area (Å²) >= 11 is 0. The highest BCUT2D eigenvalue weighted by Gasteiger charge is 2.16. The van der Waals surface area contributed by atoms with E-state index in [1.807, 2.05) is 0 Å². The molecule has 0 heterocycles. The second-order valence-electron chi connectivity index (χ2n) is 10.2. The molecular formula is C27H56. The second kappa shape index (κ2) is 19.3. The van der Waals surface area contributed by atoms with Gasteiger partial charge >= 0.3 is 0 Å². The summed E-state index contributed by atoms with van der Waals surface area (Å²) in [6.07, 6.45) is 24.6. The van der Waals surface area contributed by atoms with E-state index in [9.17, 15) is 0 Å². The third-order valence-corrected chi connectivity index (χ3v) is 6.75. The predicted molar refractivity (Wildman–Crippen MR) is 126 cm³/mol. The van der Waals surface area contributed by atoms with Gasteiger partial charge in [-0.15, -0.1) is 0 Å². The molecule has 0 nitrogen and oxygen atoms in total.